The van der Waals surface area contributed by atoms with Crippen LogP contribution < -0.4 is 5.32 Å². The molecule has 1 rings (SSSR count). The summed E-state index contributed by atoms with van der Waals surface area (Å²) in [4.78, 5) is 14.6. The molecule has 0 saturated heterocycles. The van der Waals surface area contributed by atoms with Crippen LogP contribution in [0.2, 0.25) is 0 Å². The fourth-order valence-corrected chi connectivity index (χ4v) is 1.18. The van der Waals surface area contributed by atoms with Crippen LogP contribution in [0.25, 0.3) is 0 Å². The SMILES string of the molecule is C/C=C/CCNc1ccncc1C(=O)O. The maximum atomic E-state index is 10.8. The largest absolute Gasteiger partial charge is 0.478 e. The van der Waals surface area contributed by atoms with Crippen molar-refractivity contribution in [1.82, 2.24) is 4.98 Å². The van der Waals surface area contributed by atoms with Crippen LogP contribution in [0, 0.1) is 0 Å². The van der Waals surface area contributed by atoms with Crippen LogP contribution in [0.4, 0.5) is 5.69 Å². The highest BCUT2D eigenvalue weighted by Gasteiger charge is 2.08. The lowest BCUT2D eigenvalue weighted by atomic mass is 10.2. The Morgan fingerprint density at radius 3 is 3.13 bits per heavy atom. The zero-order valence-electron chi connectivity index (χ0n) is 8.60. The van der Waals surface area contributed by atoms with E-state index in [0.29, 0.717) is 12.2 Å². The third-order valence-corrected chi connectivity index (χ3v) is 1.91. The molecule has 4 heteroatoms. The van der Waals surface area contributed by atoms with Gasteiger partial charge in [-0.2, -0.15) is 0 Å². The van der Waals surface area contributed by atoms with Crippen molar-refractivity contribution in [1.29, 1.82) is 0 Å². The molecule has 0 aliphatic rings. The number of nitrogens with one attached hydrogen (secondary N) is 1. The van der Waals surface area contributed by atoms with Crippen LogP contribution in [-0.2, 0) is 0 Å². The van der Waals surface area contributed by atoms with Gasteiger partial charge >= 0.3 is 5.97 Å². The monoisotopic (exact) mass is 206 g/mol. The molecule has 0 fully saturated rings. The molecule has 0 saturated carbocycles. The normalized spacial score (nSPS) is 10.5. The Morgan fingerprint density at radius 2 is 2.47 bits per heavy atom. The van der Waals surface area contributed by atoms with Crippen molar-refractivity contribution in [3.63, 3.8) is 0 Å². The second-order valence-corrected chi connectivity index (χ2v) is 3.01. The lowest BCUT2D eigenvalue weighted by Crippen LogP contribution is -2.07. The van der Waals surface area contributed by atoms with Gasteiger partial charge in [0.1, 0.15) is 5.56 Å². The van der Waals surface area contributed by atoms with Gasteiger partial charge in [-0.1, -0.05) is 12.2 Å². The molecule has 15 heavy (non-hydrogen) atoms. The van der Waals surface area contributed by atoms with Crippen LogP contribution in [0.1, 0.15) is 23.7 Å². The second-order valence-electron chi connectivity index (χ2n) is 3.01. The fourth-order valence-electron chi connectivity index (χ4n) is 1.18. The highest BCUT2D eigenvalue weighted by Crippen LogP contribution is 2.12. The predicted octanol–water partition coefficient (Wildman–Crippen LogP) is 2.16. The van der Waals surface area contributed by atoms with Gasteiger partial charge in [0.05, 0.1) is 5.69 Å². The van der Waals surface area contributed by atoms with Crippen molar-refractivity contribution < 1.29 is 9.90 Å². The number of carboxylic acids is 1. The van der Waals surface area contributed by atoms with E-state index in [0.717, 1.165) is 6.42 Å². The van der Waals surface area contributed by atoms with Gasteiger partial charge in [-0.3, -0.25) is 4.98 Å². The molecular formula is C11H14N2O2. The van der Waals surface area contributed by atoms with Crippen LogP contribution in [0.5, 0.6) is 0 Å². The smallest absolute Gasteiger partial charge is 0.339 e. The Morgan fingerprint density at radius 1 is 1.67 bits per heavy atom. The first-order valence-electron chi connectivity index (χ1n) is 4.78. The number of rotatable bonds is 5. The van der Waals surface area contributed by atoms with E-state index >= 15 is 0 Å². The van der Waals surface area contributed by atoms with E-state index in [4.69, 9.17) is 5.11 Å². The molecule has 0 aromatic carbocycles. The average molecular weight is 206 g/mol. The van der Waals surface area contributed by atoms with E-state index in [1.54, 1.807) is 12.3 Å². The third kappa shape index (κ3) is 3.42. The van der Waals surface area contributed by atoms with Crippen LogP contribution in [0.15, 0.2) is 30.6 Å². The highest BCUT2D eigenvalue weighted by molar-refractivity contribution is 5.93. The first-order chi connectivity index (χ1) is 7.25. The number of nitrogens with zero attached hydrogens (tertiary/aromatic N) is 1. The number of aromatic carboxylic acids is 1. The summed E-state index contributed by atoms with van der Waals surface area (Å²) in [6.07, 6.45) is 7.78. The van der Waals surface area contributed by atoms with Gasteiger partial charge in [0.15, 0.2) is 0 Å². The fraction of sp³-hybridized carbons (Fsp3) is 0.273. The standard InChI is InChI=1S/C11H14N2O2/c1-2-3-4-6-13-10-5-7-12-8-9(10)11(14)15/h2-3,5,7-8H,4,6H2,1H3,(H,12,13)(H,14,15)/b3-2+. The average Bonchev–Trinajstić information content (AvgIpc) is 2.25. The number of pyridine rings is 1. The van der Waals surface area contributed by atoms with Crippen molar-refractivity contribution in [3.8, 4) is 0 Å². The molecule has 0 bridgehead atoms. The summed E-state index contributed by atoms with van der Waals surface area (Å²) < 4.78 is 0. The molecule has 0 amide bonds. The number of hydrogen-bond donors (Lipinski definition) is 2. The van der Waals surface area contributed by atoms with Crippen molar-refractivity contribution in [2.24, 2.45) is 0 Å². The number of carbonyl (C=O) groups is 1. The summed E-state index contributed by atoms with van der Waals surface area (Å²) in [5.74, 6) is -0.961. The summed E-state index contributed by atoms with van der Waals surface area (Å²) >= 11 is 0. The van der Waals surface area contributed by atoms with E-state index in [-0.39, 0.29) is 5.56 Å². The molecule has 0 aliphatic heterocycles. The molecular weight excluding hydrogens is 192 g/mol. The van der Waals surface area contributed by atoms with E-state index < -0.39 is 5.97 Å². The molecule has 0 unspecified atom stereocenters. The van der Waals surface area contributed by atoms with E-state index in [1.165, 1.54) is 6.20 Å². The quantitative estimate of drug-likeness (QED) is 0.572. The lowest BCUT2D eigenvalue weighted by Gasteiger charge is -2.07. The summed E-state index contributed by atoms with van der Waals surface area (Å²) in [6.45, 7) is 2.67. The van der Waals surface area contributed by atoms with Crippen molar-refractivity contribution in [3.05, 3.63) is 36.2 Å². The van der Waals surface area contributed by atoms with Crippen LogP contribution >= 0.6 is 0 Å². The minimum absolute atomic E-state index is 0.206. The summed E-state index contributed by atoms with van der Waals surface area (Å²) in [6, 6.07) is 1.67. The zero-order chi connectivity index (χ0) is 11.1. The summed E-state index contributed by atoms with van der Waals surface area (Å²) in [5.41, 5.74) is 0.819. The Hall–Kier alpha value is -1.84. The summed E-state index contributed by atoms with van der Waals surface area (Å²) in [5, 5.41) is 11.9. The minimum atomic E-state index is -0.961. The molecule has 80 valence electrons. The van der Waals surface area contributed by atoms with Crippen LogP contribution in [-0.4, -0.2) is 22.6 Å². The van der Waals surface area contributed by atoms with E-state index in [1.807, 2.05) is 19.1 Å². The van der Waals surface area contributed by atoms with Crippen molar-refractivity contribution in [2.75, 3.05) is 11.9 Å². The molecule has 2 N–H and O–H groups in total. The molecule has 1 heterocycles. The van der Waals surface area contributed by atoms with Gasteiger partial charge in [0.2, 0.25) is 0 Å². The molecule has 0 spiro atoms. The van der Waals surface area contributed by atoms with Crippen LogP contribution in [0.3, 0.4) is 0 Å². The number of carboxylic acid groups (broad SMARTS) is 1. The lowest BCUT2D eigenvalue weighted by molar-refractivity contribution is 0.0697. The zero-order valence-corrected chi connectivity index (χ0v) is 8.60. The number of aromatic nitrogens is 1. The van der Waals surface area contributed by atoms with Gasteiger partial charge in [-0.25, -0.2) is 4.79 Å². The number of allylic oxidation sites excluding steroid dienone is 1. The molecule has 1 aromatic heterocycles. The third-order valence-electron chi connectivity index (χ3n) is 1.91. The maximum absolute atomic E-state index is 10.8. The Labute approximate surface area is 88.7 Å². The van der Waals surface area contributed by atoms with Gasteiger partial charge < -0.3 is 10.4 Å². The minimum Gasteiger partial charge on any atom is -0.478 e. The van der Waals surface area contributed by atoms with E-state index in [9.17, 15) is 4.79 Å². The van der Waals surface area contributed by atoms with Crippen molar-refractivity contribution in [2.45, 2.75) is 13.3 Å². The number of hydrogen-bond acceptors (Lipinski definition) is 3. The molecule has 1 aromatic rings. The molecule has 4 nitrogen and oxygen atoms in total. The maximum Gasteiger partial charge on any atom is 0.339 e. The van der Waals surface area contributed by atoms with Gasteiger partial charge in [-0.15, -0.1) is 0 Å². The Kier molecular flexibility index (Phi) is 4.34. The number of anilines is 1. The van der Waals surface area contributed by atoms with Gasteiger partial charge in [-0.05, 0) is 19.4 Å². The first-order valence-corrected chi connectivity index (χ1v) is 4.78. The van der Waals surface area contributed by atoms with E-state index in [2.05, 4.69) is 10.3 Å². The van der Waals surface area contributed by atoms with Crippen molar-refractivity contribution >= 4 is 11.7 Å². The molecule has 0 atom stereocenters. The highest BCUT2D eigenvalue weighted by atomic mass is 16.4. The van der Waals surface area contributed by atoms with Gasteiger partial charge in [0.25, 0.3) is 0 Å². The Balaban J connectivity index is 2.63. The predicted molar refractivity (Wildman–Crippen MR) is 59.1 cm³/mol. The summed E-state index contributed by atoms with van der Waals surface area (Å²) in [7, 11) is 0. The topological polar surface area (TPSA) is 62.2 Å². The first kappa shape index (κ1) is 11.2. The molecule has 0 aliphatic carbocycles. The van der Waals surface area contributed by atoms with Gasteiger partial charge in [0, 0.05) is 18.9 Å². The Bertz CT molecular complexity index is 361. The molecule has 0 radical (unpaired) electrons. The second kappa shape index (κ2) is 5.80.